The van der Waals surface area contributed by atoms with Gasteiger partial charge in [-0.2, -0.15) is 0 Å². The van der Waals surface area contributed by atoms with Crippen LogP contribution in [0.4, 0.5) is 0 Å². The normalized spacial score (nSPS) is 12.4. The zero-order chi connectivity index (χ0) is 20.6. The van der Waals surface area contributed by atoms with Crippen molar-refractivity contribution in [2.45, 2.75) is 33.3 Å². The van der Waals surface area contributed by atoms with Crippen molar-refractivity contribution in [1.82, 2.24) is 0 Å². The summed E-state index contributed by atoms with van der Waals surface area (Å²) in [6, 6.07) is 23.7. The molecule has 0 aliphatic rings. The average molecular weight is 389 g/mol. The molecule has 0 aliphatic heterocycles. The van der Waals surface area contributed by atoms with Crippen molar-refractivity contribution < 1.29 is 9.47 Å². The van der Waals surface area contributed by atoms with Crippen LogP contribution >= 0.6 is 0 Å². The number of aryl methyl sites for hydroxylation is 2. The molecule has 0 saturated carbocycles. The third kappa shape index (κ3) is 6.39. The molecule has 3 aromatic carbocycles. The molecule has 4 nitrogen and oxygen atoms in total. The van der Waals surface area contributed by atoms with E-state index >= 15 is 0 Å². The van der Waals surface area contributed by atoms with Gasteiger partial charge in [0, 0.05) is 12.5 Å². The molecule has 0 amide bonds. The van der Waals surface area contributed by atoms with E-state index in [4.69, 9.17) is 15.2 Å². The van der Waals surface area contributed by atoms with Crippen molar-refractivity contribution in [1.29, 1.82) is 0 Å². The Hall–Kier alpha value is -3.27. The van der Waals surface area contributed by atoms with Crippen molar-refractivity contribution in [3.05, 3.63) is 89.5 Å². The van der Waals surface area contributed by atoms with Crippen LogP contribution in [-0.4, -0.2) is 18.5 Å². The molecule has 29 heavy (non-hydrogen) atoms. The molecule has 150 valence electrons. The first kappa shape index (κ1) is 20.5. The molecule has 0 saturated heterocycles. The van der Waals surface area contributed by atoms with E-state index in [1.54, 1.807) is 0 Å². The van der Waals surface area contributed by atoms with Crippen LogP contribution in [0.5, 0.6) is 17.2 Å². The highest BCUT2D eigenvalue weighted by molar-refractivity contribution is 5.82. The topological polar surface area (TPSA) is 56.8 Å². The first-order valence-corrected chi connectivity index (χ1v) is 9.84. The molecule has 0 bridgehead atoms. The Bertz CT molecular complexity index is 968. The number of hydrogen-bond acceptors (Lipinski definition) is 3. The van der Waals surface area contributed by atoms with Gasteiger partial charge in [-0.3, -0.25) is 4.99 Å². The number of benzene rings is 3. The summed E-state index contributed by atoms with van der Waals surface area (Å²) < 4.78 is 11.8. The van der Waals surface area contributed by atoms with Gasteiger partial charge in [-0.25, -0.2) is 0 Å². The summed E-state index contributed by atoms with van der Waals surface area (Å²) >= 11 is 0. The molecule has 0 spiro atoms. The predicted molar refractivity (Wildman–Crippen MR) is 119 cm³/mol. The van der Waals surface area contributed by atoms with Crippen molar-refractivity contribution in [3.63, 3.8) is 0 Å². The number of ether oxygens (including phenoxy) is 2. The molecule has 0 aromatic heterocycles. The van der Waals surface area contributed by atoms with Gasteiger partial charge >= 0.3 is 0 Å². The van der Waals surface area contributed by atoms with Gasteiger partial charge in [0.25, 0.3) is 0 Å². The van der Waals surface area contributed by atoms with Crippen molar-refractivity contribution in [2.75, 3.05) is 6.54 Å². The summed E-state index contributed by atoms with van der Waals surface area (Å²) in [6.45, 7) is 6.70. The van der Waals surface area contributed by atoms with Crippen LogP contribution in [0.1, 0.15) is 23.6 Å². The Balaban J connectivity index is 1.54. The molecular formula is C25H28N2O2. The van der Waals surface area contributed by atoms with Crippen LogP contribution in [0, 0.1) is 13.8 Å². The number of rotatable bonds is 8. The van der Waals surface area contributed by atoms with Gasteiger partial charge in [0.1, 0.15) is 23.4 Å². The number of nitrogens with zero attached hydrogens (tertiary/aromatic N) is 1. The third-order valence-corrected chi connectivity index (χ3v) is 4.63. The standard InChI is InChI=1S/C25H28N2O2/c1-18-12-13-21(14-19(18)2)15-25(26)27-17-20(3)28-23-10-7-11-24(16-23)29-22-8-5-4-6-9-22/h4-14,16,20H,15,17H2,1-3H3,(H2,26,27). The van der Waals surface area contributed by atoms with E-state index < -0.39 is 0 Å². The van der Waals surface area contributed by atoms with Gasteiger partial charge in [-0.05, 0) is 61.7 Å². The molecule has 4 heteroatoms. The molecule has 0 radical (unpaired) electrons. The lowest BCUT2D eigenvalue weighted by Crippen LogP contribution is -2.21. The molecule has 1 atom stereocenters. The highest BCUT2D eigenvalue weighted by Gasteiger charge is 2.06. The maximum Gasteiger partial charge on any atom is 0.131 e. The fraction of sp³-hybridized carbons (Fsp3) is 0.240. The zero-order valence-electron chi connectivity index (χ0n) is 17.3. The average Bonchev–Trinajstić information content (AvgIpc) is 2.70. The van der Waals surface area contributed by atoms with E-state index in [0.717, 1.165) is 17.2 Å². The number of para-hydroxylation sites is 1. The number of amidine groups is 1. The van der Waals surface area contributed by atoms with Gasteiger partial charge in [0.2, 0.25) is 0 Å². The van der Waals surface area contributed by atoms with Gasteiger partial charge in [-0.1, -0.05) is 42.5 Å². The third-order valence-electron chi connectivity index (χ3n) is 4.63. The van der Waals surface area contributed by atoms with E-state index in [0.29, 0.717) is 18.8 Å². The van der Waals surface area contributed by atoms with Crippen LogP contribution in [0.15, 0.2) is 77.8 Å². The van der Waals surface area contributed by atoms with E-state index in [-0.39, 0.29) is 6.10 Å². The highest BCUT2D eigenvalue weighted by atomic mass is 16.5. The SMILES string of the molecule is Cc1ccc(CC(N)=NCC(C)Oc2cccc(Oc3ccccc3)c2)cc1C. The lowest BCUT2D eigenvalue weighted by Gasteiger charge is -2.14. The summed E-state index contributed by atoms with van der Waals surface area (Å²) in [4.78, 5) is 4.50. The summed E-state index contributed by atoms with van der Waals surface area (Å²) in [7, 11) is 0. The maximum absolute atomic E-state index is 6.12. The second kappa shape index (κ2) is 9.78. The largest absolute Gasteiger partial charge is 0.489 e. The summed E-state index contributed by atoms with van der Waals surface area (Å²) in [6.07, 6.45) is 0.550. The smallest absolute Gasteiger partial charge is 0.131 e. The van der Waals surface area contributed by atoms with Crippen LogP contribution < -0.4 is 15.2 Å². The second-order valence-corrected chi connectivity index (χ2v) is 7.25. The summed E-state index contributed by atoms with van der Waals surface area (Å²) in [5, 5.41) is 0. The van der Waals surface area contributed by atoms with E-state index in [9.17, 15) is 0 Å². The number of aliphatic imine (C=N–C) groups is 1. The van der Waals surface area contributed by atoms with Crippen LogP contribution in [0.3, 0.4) is 0 Å². The van der Waals surface area contributed by atoms with Gasteiger partial charge in [0.05, 0.1) is 12.4 Å². The highest BCUT2D eigenvalue weighted by Crippen LogP contribution is 2.25. The number of hydrogen-bond donors (Lipinski definition) is 1. The molecule has 3 aromatic rings. The first-order chi connectivity index (χ1) is 14.0. The fourth-order valence-corrected chi connectivity index (χ4v) is 2.93. The van der Waals surface area contributed by atoms with E-state index in [1.807, 2.05) is 61.5 Å². The lowest BCUT2D eigenvalue weighted by molar-refractivity contribution is 0.229. The Morgan fingerprint density at radius 3 is 2.34 bits per heavy atom. The van der Waals surface area contributed by atoms with Crippen LogP contribution in [-0.2, 0) is 6.42 Å². The Labute approximate surface area is 173 Å². The minimum atomic E-state index is -0.0970. The molecule has 0 aliphatic carbocycles. The van der Waals surface area contributed by atoms with E-state index in [1.165, 1.54) is 16.7 Å². The molecular weight excluding hydrogens is 360 g/mol. The van der Waals surface area contributed by atoms with Crippen molar-refractivity contribution in [3.8, 4) is 17.2 Å². The minimum absolute atomic E-state index is 0.0970. The minimum Gasteiger partial charge on any atom is -0.489 e. The molecule has 1 unspecified atom stereocenters. The molecule has 0 fully saturated rings. The van der Waals surface area contributed by atoms with Gasteiger partial charge in [0.15, 0.2) is 0 Å². The van der Waals surface area contributed by atoms with Crippen LogP contribution in [0.25, 0.3) is 0 Å². The second-order valence-electron chi connectivity index (χ2n) is 7.25. The van der Waals surface area contributed by atoms with Crippen LogP contribution in [0.2, 0.25) is 0 Å². The van der Waals surface area contributed by atoms with Gasteiger partial charge < -0.3 is 15.2 Å². The molecule has 3 rings (SSSR count). The Morgan fingerprint density at radius 1 is 0.862 bits per heavy atom. The van der Waals surface area contributed by atoms with Gasteiger partial charge in [-0.15, -0.1) is 0 Å². The predicted octanol–water partition coefficient (Wildman–Crippen LogP) is 5.46. The first-order valence-electron chi connectivity index (χ1n) is 9.84. The summed E-state index contributed by atoms with van der Waals surface area (Å²) in [5.74, 6) is 2.89. The van der Waals surface area contributed by atoms with Crippen molar-refractivity contribution >= 4 is 5.84 Å². The molecule has 2 N–H and O–H groups in total. The Kier molecular flexibility index (Phi) is 6.90. The monoisotopic (exact) mass is 388 g/mol. The fourth-order valence-electron chi connectivity index (χ4n) is 2.93. The number of nitrogens with two attached hydrogens (primary N) is 1. The van der Waals surface area contributed by atoms with Crippen molar-refractivity contribution in [2.24, 2.45) is 10.7 Å². The Morgan fingerprint density at radius 2 is 1.59 bits per heavy atom. The quantitative estimate of drug-likeness (QED) is 0.412. The molecule has 0 heterocycles. The summed E-state index contributed by atoms with van der Waals surface area (Å²) in [5.41, 5.74) is 9.85. The zero-order valence-corrected chi connectivity index (χ0v) is 17.3. The van der Waals surface area contributed by atoms with E-state index in [2.05, 4.69) is 37.0 Å². The lowest BCUT2D eigenvalue weighted by atomic mass is 10.0. The maximum atomic E-state index is 6.12.